The summed E-state index contributed by atoms with van der Waals surface area (Å²) in [6.45, 7) is -5.86. The summed E-state index contributed by atoms with van der Waals surface area (Å²) in [5.41, 5.74) is 3.64. The van der Waals surface area contributed by atoms with Crippen LogP contribution in [-0.2, 0) is 5.41 Å². The molecule has 0 aliphatic heterocycles. The molecule has 7 aromatic carbocycles. The van der Waals surface area contributed by atoms with Crippen molar-refractivity contribution in [2.24, 2.45) is 0 Å². The van der Waals surface area contributed by atoms with Gasteiger partial charge >= 0.3 is 0 Å². The first-order valence-corrected chi connectivity index (χ1v) is 20.8. The fraction of sp³-hybridized carbons (Fsp3) is 0.186. The molecule has 63 heavy (non-hydrogen) atoms. The van der Waals surface area contributed by atoms with Crippen LogP contribution in [0.2, 0.25) is 0 Å². The first-order valence-electron chi connectivity index (χ1n) is 28.8. The highest BCUT2D eigenvalue weighted by Crippen LogP contribution is 2.44. The molecule has 0 amide bonds. The molecule has 9 rings (SSSR count). The maximum absolute atomic E-state index is 12.3. The fourth-order valence-electron chi connectivity index (χ4n) is 8.05. The molecule has 9 aromatic rings. The van der Waals surface area contributed by atoms with Crippen LogP contribution in [0.15, 0.2) is 170 Å². The van der Waals surface area contributed by atoms with Crippen molar-refractivity contribution in [1.29, 1.82) is 0 Å². The molecular weight excluding hydrogens is 767 g/mol. The number of fused-ring (bicyclic) bond motifs is 1. The van der Waals surface area contributed by atoms with Crippen molar-refractivity contribution in [2.45, 2.75) is 72.4 Å². The summed E-state index contributed by atoms with van der Waals surface area (Å²) in [4.78, 5) is 10.1. The molecule has 0 radical (unpaired) electrons. The molecule has 0 aliphatic carbocycles. The predicted molar refractivity (Wildman–Crippen MR) is 265 cm³/mol. The van der Waals surface area contributed by atoms with Crippen LogP contribution in [0, 0.1) is 6.85 Å². The molecule has 4 heteroatoms. The monoisotopic (exact) mass is 838 g/mol. The second kappa shape index (κ2) is 16.7. The Morgan fingerprint density at radius 2 is 1.27 bits per heavy atom. The minimum atomic E-state index is -3.83. The fourth-order valence-corrected chi connectivity index (χ4v) is 8.05. The molecule has 2 heterocycles. The van der Waals surface area contributed by atoms with Gasteiger partial charge in [-0.1, -0.05) is 157 Å². The number of aromatic nitrogens is 3. The minimum Gasteiger partial charge on any atom is -0.507 e. The van der Waals surface area contributed by atoms with Gasteiger partial charge in [0.25, 0.3) is 0 Å². The molecule has 1 N–H and O–H groups in total. The number of imidazole rings is 1. The molecule has 0 saturated carbocycles. The number of phenols is 1. The van der Waals surface area contributed by atoms with Crippen molar-refractivity contribution in [3.63, 3.8) is 0 Å². The van der Waals surface area contributed by atoms with Gasteiger partial charge in [0.15, 0.2) is 0 Å². The number of benzene rings is 7. The topological polar surface area (TPSA) is 50.9 Å². The van der Waals surface area contributed by atoms with Crippen molar-refractivity contribution in [3.8, 4) is 78.6 Å². The number of phenolic OH excluding ortho intramolecular Hbond substituents is 1. The van der Waals surface area contributed by atoms with Gasteiger partial charge in [-0.05, 0) is 140 Å². The van der Waals surface area contributed by atoms with Crippen molar-refractivity contribution in [2.75, 3.05) is 0 Å². The Balaban J connectivity index is 1.31. The summed E-state index contributed by atoms with van der Waals surface area (Å²) >= 11 is 0. The van der Waals surface area contributed by atoms with E-state index in [2.05, 4.69) is 13.8 Å². The zero-order valence-corrected chi connectivity index (χ0v) is 35.3. The maximum atomic E-state index is 12.3. The Hall–Kier alpha value is -7.04. The summed E-state index contributed by atoms with van der Waals surface area (Å²) < 4.78 is 138. The van der Waals surface area contributed by atoms with Crippen LogP contribution in [0.1, 0.15) is 104 Å². The quantitative estimate of drug-likeness (QED) is 0.158. The Kier molecular flexibility index (Phi) is 7.00. The van der Waals surface area contributed by atoms with E-state index in [1.807, 2.05) is 134 Å². The number of pyridine rings is 1. The second-order valence-corrected chi connectivity index (χ2v) is 16.5. The van der Waals surface area contributed by atoms with E-state index in [4.69, 9.17) is 31.9 Å². The van der Waals surface area contributed by atoms with E-state index >= 15 is 0 Å². The third kappa shape index (κ3) is 8.22. The Labute approximate surface area is 395 Å². The van der Waals surface area contributed by atoms with E-state index < -0.39 is 62.6 Å². The van der Waals surface area contributed by atoms with E-state index in [0.717, 1.165) is 27.8 Å². The van der Waals surface area contributed by atoms with Gasteiger partial charge in [0.05, 0.1) is 27.8 Å². The molecular formula is C59H55N3O. The van der Waals surface area contributed by atoms with Crippen LogP contribution in [0.25, 0.3) is 83.9 Å². The Morgan fingerprint density at radius 3 is 1.94 bits per heavy atom. The molecule has 0 spiro atoms. The lowest BCUT2D eigenvalue weighted by Crippen LogP contribution is -2.10. The highest BCUT2D eigenvalue weighted by Gasteiger charge is 2.24. The molecule has 0 aliphatic rings. The van der Waals surface area contributed by atoms with Gasteiger partial charge in [-0.3, -0.25) is 9.55 Å². The van der Waals surface area contributed by atoms with Crippen LogP contribution in [0.5, 0.6) is 5.75 Å². The smallest absolute Gasteiger partial charge is 0.149 e. The average molecular weight is 838 g/mol. The number of nitrogens with zero attached hydrogens (tertiary/aromatic N) is 3. The molecule has 0 unspecified atom stereocenters. The molecule has 312 valence electrons. The van der Waals surface area contributed by atoms with E-state index in [1.54, 1.807) is 12.1 Å². The molecule has 0 bridgehead atoms. The largest absolute Gasteiger partial charge is 0.507 e. The summed E-state index contributed by atoms with van der Waals surface area (Å²) in [5, 5.41) is 12.3. The first kappa shape index (κ1) is 26.4. The minimum absolute atomic E-state index is 0.0367. The lowest BCUT2D eigenvalue weighted by molar-refractivity contribution is 0.466. The third-order valence-electron chi connectivity index (χ3n) is 11.4. The Morgan fingerprint density at radius 1 is 0.587 bits per heavy atom. The van der Waals surface area contributed by atoms with Gasteiger partial charge in [-0.15, -0.1) is 0 Å². The van der Waals surface area contributed by atoms with Crippen LogP contribution in [-0.4, -0.2) is 19.6 Å². The van der Waals surface area contributed by atoms with Gasteiger partial charge in [0.1, 0.15) is 11.6 Å². The van der Waals surface area contributed by atoms with Gasteiger partial charge < -0.3 is 5.11 Å². The van der Waals surface area contributed by atoms with Crippen LogP contribution in [0.4, 0.5) is 0 Å². The highest BCUT2D eigenvalue weighted by atomic mass is 16.3. The molecule has 2 aromatic heterocycles. The van der Waals surface area contributed by atoms with Crippen LogP contribution >= 0.6 is 0 Å². The van der Waals surface area contributed by atoms with Crippen molar-refractivity contribution in [1.82, 2.24) is 14.5 Å². The average Bonchev–Trinajstić information content (AvgIpc) is 3.93. The highest BCUT2D eigenvalue weighted by molar-refractivity contribution is 5.98. The number of para-hydroxylation sites is 1. The standard InChI is InChI=1S/C59H55N3O/c1-37(2)44-34-52(38(3)4)57(63)53(35-44)58-61-56-51(20-15-21-55(56)62(58)50-29-39(5)28-45(33-50)40-16-11-9-12-17-40)47-30-46(41-18-13-10-14-19-41)31-48(32-47)54-36-43(26-27-60-54)42-22-24-49(25-23-42)59(6,7)8/h9-38,63H,1-8H3/i5D3,6D3,7D3,8D3,22D,23D,24D,25D. The van der Waals surface area contributed by atoms with E-state index in [9.17, 15) is 5.11 Å². The Bertz CT molecular complexity index is 3740. The number of rotatable bonds is 9. The summed E-state index contributed by atoms with van der Waals surface area (Å²) in [6.07, 6.45) is 1.39. The van der Waals surface area contributed by atoms with Gasteiger partial charge in [0, 0.05) is 39.5 Å². The van der Waals surface area contributed by atoms with E-state index in [-0.39, 0.29) is 34.3 Å². The summed E-state index contributed by atoms with van der Waals surface area (Å²) in [5.74, 6) is 0.383. The van der Waals surface area contributed by atoms with Crippen LogP contribution < -0.4 is 0 Å². The van der Waals surface area contributed by atoms with E-state index in [1.165, 1.54) is 18.3 Å². The SMILES string of the molecule is [2H]c1c([2H])c(C(C([2H])([2H])[2H])(C([2H])([2H])[2H])C([2H])([2H])[2H])c([2H])c([2H])c1-c1ccnc(-c2cc(-c3ccccc3)cc(-c3cccc4c3nc(-c3cc(C(C)C)cc(C(C)C)c3O)n4-c3cc(-c4ccccc4)cc(C([2H])([2H])[2H])c3)c2)c1. The summed E-state index contributed by atoms with van der Waals surface area (Å²) in [6, 6.07) is 38.6. The predicted octanol–water partition coefficient (Wildman–Crippen LogP) is 16.0. The number of hydrogen-bond acceptors (Lipinski definition) is 3. The van der Waals surface area contributed by atoms with Crippen molar-refractivity contribution >= 4 is 11.0 Å². The number of aryl methyl sites for hydroxylation is 1. The lowest BCUT2D eigenvalue weighted by atomic mass is 9.86. The third-order valence-corrected chi connectivity index (χ3v) is 11.4. The van der Waals surface area contributed by atoms with Crippen molar-refractivity contribution < 1.29 is 27.0 Å². The first-order chi connectivity index (χ1) is 37.0. The molecule has 0 saturated heterocycles. The van der Waals surface area contributed by atoms with Gasteiger partial charge in [-0.25, -0.2) is 4.98 Å². The van der Waals surface area contributed by atoms with Crippen LogP contribution in [0.3, 0.4) is 0 Å². The summed E-state index contributed by atoms with van der Waals surface area (Å²) in [7, 11) is 0. The molecule has 4 nitrogen and oxygen atoms in total. The lowest BCUT2D eigenvalue weighted by Gasteiger charge is -2.19. The van der Waals surface area contributed by atoms with E-state index in [0.29, 0.717) is 56.1 Å². The molecule has 0 atom stereocenters. The normalized spacial score (nSPS) is 16.3. The zero-order valence-electron chi connectivity index (χ0n) is 51.3. The zero-order chi connectivity index (χ0) is 57.5. The van der Waals surface area contributed by atoms with Gasteiger partial charge in [0.2, 0.25) is 0 Å². The van der Waals surface area contributed by atoms with Crippen molar-refractivity contribution in [3.05, 3.63) is 192 Å². The molecule has 0 fully saturated rings. The van der Waals surface area contributed by atoms with Gasteiger partial charge in [-0.2, -0.15) is 0 Å². The maximum Gasteiger partial charge on any atom is 0.149 e. The number of hydrogen-bond donors (Lipinski definition) is 1. The second-order valence-electron chi connectivity index (χ2n) is 16.5. The number of aromatic hydroxyl groups is 1.